The van der Waals surface area contributed by atoms with Gasteiger partial charge in [0.05, 0.1) is 0 Å². The summed E-state index contributed by atoms with van der Waals surface area (Å²) in [7, 11) is 0. The Balaban J connectivity index is 0.000000174. The monoisotopic (exact) mass is 781 g/mol. The van der Waals surface area contributed by atoms with Crippen molar-refractivity contribution in [1.29, 1.82) is 0 Å². The number of aryl methyl sites for hydroxylation is 5. The Morgan fingerprint density at radius 3 is 1.76 bits per heavy atom. The number of benzene rings is 4. The van der Waals surface area contributed by atoms with E-state index in [-0.39, 0.29) is 31.5 Å². The predicted molar refractivity (Wildman–Crippen MR) is 187 cm³/mol. The first-order valence-electron chi connectivity index (χ1n) is 17.5. The van der Waals surface area contributed by atoms with Gasteiger partial charge < -0.3 is 15.0 Å². The van der Waals surface area contributed by atoms with E-state index in [4.69, 9.17) is 8.22 Å². The van der Waals surface area contributed by atoms with Crippen molar-refractivity contribution in [3.63, 3.8) is 0 Å². The zero-order chi connectivity index (χ0) is 36.6. The van der Waals surface area contributed by atoms with E-state index >= 15 is 0 Å². The van der Waals surface area contributed by atoms with Gasteiger partial charge in [0.15, 0.2) is 0 Å². The fourth-order valence-electron chi connectivity index (χ4n) is 4.79. The maximum atomic E-state index is 7.29. The van der Waals surface area contributed by atoms with Crippen molar-refractivity contribution >= 4 is 10.8 Å². The van der Waals surface area contributed by atoms with E-state index in [1.54, 1.807) is 36.4 Å². The van der Waals surface area contributed by atoms with Crippen LogP contribution < -0.4 is 0 Å². The SMILES string of the molecule is Cc1[c-]c(-c2nccc3ccc(C)cc23)cc(C)c1.[2H]C([2H])([2H])c1cccc(-c2[c-]cccc2)n1.[2H]C([2H])([2H])c1cccc(-c2[c-]cccc2)n1.[Ir+3]. The van der Waals surface area contributed by atoms with Crippen LogP contribution in [0.5, 0.6) is 0 Å². The van der Waals surface area contributed by atoms with Gasteiger partial charge in [-0.05, 0) is 66.7 Å². The van der Waals surface area contributed by atoms with Gasteiger partial charge in [-0.1, -0.05) is 61.9 Å². The molecular formula is C42H36IrN3. The Hall–Kier alpha value is -4.76. The van der Waals surface area contributed by atoms with Crippen molar-refractivity contribution in [1.82, 2.24) is 15.0 Å². The summed E-state index contributed by atoms with van der Waals surface area (Å²) < 4.78 is 43.8. The van der Waals surface area contributed by atoms with Crippen molar-refractivity contribution in [2.45, 2.75) is 34.5 Å². The summed E-state index contributed by atoms with van der Waals surface area (Å²) in [6, 6.07) is 47.0. The molecule has 3 nitrogen and oxygen atoms in total. The predicted octanol–water partition coefficient (Wildman–Crippen LogP) is 10.3. The third-order valence-corrected chi connectivity index (χ3v) is 6.79. The number of nitrogens with zero attached hydrogens (tertiary/aromatic N) is 3. The maximum Gasteiger partial charge on any atom is 3.00 e. The molecule has 7 aromatic rings. The van der Waals surface area contributed by atoms with Gasteiger partial charge in [-0.3, -0.25) is 0 Å². The van der Waals surface area contributed by atoms with Crippen molar-refractivity contribution in [2.75, 3.05) is 0 Å². The Bertz CT molecular complexity index is 2110. The van der Waals surface area contributed by atoms with E-state index in [0.29, 0.717) is 11.4 Å². The van der Waals surface area contributed by atoms with E-state index in [9.17, 15) is 0 Å². The Morgan fingerprint density at radius 1 is 0.587 bits per heavy atom. The van der Waals surface area contributed by atoms with E-state index in [2.05, 4.69) is 90.3 Å². The second kappa shape index (κ2) is 16.5. The molecule has 3 aromatic heterocycles. The number of pyridine rings is 3. The third-order valence-electron chi connectivity index (χ3n) is 6.79. The Morgan fingerprint density at radius 2 is 1.22 bits per heavy atom. The first-order valence-corrected chi connectivity index (χ1v) is 14.5. The van der Waals surface area contributed by atoms with Crippen LogP contribution in [0.1, 0.15) is 36.3 Å². The summed E-state index contributed by atoms with van der Waals surface area (Å²) in [6.07, 6.45) is 1.87. The largest absolute Gasteiger partial charge is 3.00 e. The number of aromatic nitrogens is 3. The first-order chi connectivity index (χ1) is 24.3. The molecule has 0 N–H and O–H groups in total. The van der Waals surface area contributed by atoms with Crippen molar-refractivity contribution in [2.24, 2.45) is 0 Å². The van der Waals surface area contributed by atoms with Gasteiger partial charge in [0.25, 0.3) is 0 Å². The van der Waals surface area contributed by atoms with Crippen LogP contribution in [0.3, 0.4) is 0 Å². The van der Waals surface area contributed by atoms with E-state index in [0.717, 1.165) is 27.9 Å². The fraction of sp³-hybridized carbons (Fsp3) is 0.119. The molecule has 4 heteroatoms. The third kappa shape index (κ3) is 9.37. The zero-order valence-electron chi connectivity index (χ0n) is 31.8. The second-order valence-corrected chi connectivity index (χ2v) is 10.5. The van der Waals surface area contributed by atoms with Gasteiger partial charge in [-0.25, -0.2) is 0 Å². The Labute approximate surface area is 295 Å². The normalized spacial score (nSPS) is 12.6. The molecule has 0 aliphatic rings. The maximum absolute atomic E-state index is 7.29. The molecule has 0 atom stereocenters. The molecule has 0 fully saturated rings. The average molecular weight is 781 g/mol. The molecule has 3 heterocycles. The van der Waals surface area contributed by atoms with Crippen LogP contribution in [-0.2, 0) is 20.1 Å². The van der Waals surface area contributed by atoms with Crippen LogP contribution in [0.2, 0.25) is 0 Å². The summed E-state index contributed by atoms with van der Waals surface area (Å²) in [5.41, 5.74) is 8.85. The Kier molecular flexibility index (Phi) is 9.50. The molecule has 7 rings (SSSR count). The minimum atomic E-state index is -2.16. The topological polar surface area (TPSA) is 38.7 Å². The van der Waals surface area contributed by atoms with Crippen LogP contribution in [-0.4, -0.2) is 15.0 Å². The van der Waals surface area contributed by atoms with Crippen LogP contribution in [0.4, 0.5) is 0 Å². The molecule has 0 bridgehead atoms. The molecule has 0 spiro atoms. The first kappa shape index (κ1) is 26.5. The zero-order valence-corrected chi connectivity index (χ0v) is 28.2. The summed E-state index contributed by atoms with van der Waals surface area (Å²) >= 11 is 0. The van der Waals surface area contributed by atoms with E-state index in [1.165, 1.54) is 34.0 Å². The van der Waals surface area contributed by atoms with Gasteiger partial charge >= 0.3 is 20.1 Å². The van der Waals surface area contributed by atoms with Gasteiger partial charge in [-0.2, -0.15) is 0 Å². The van der Waals surface area contributed by atoms with Gasteiger partial charge in [0, 0.05) is 25.8 Å². The van der Waals surface area contributed by atoms with E-state index < -0.39 is 13.7 Å². The molecule has 0 saturated heterocycles. The minimum absolute atomic E-state index is 0. The number of fused-ring (bicyclic) bond motifs is 1. The summed E-state index contributed by atoms with van der Waals surface area (Å²) in [4.78, 5) is 12.8. The molecule has 0 unspecified atom stereocenters. The van der Waals surface area contributed by atoms with Crippen LogP contribution in [0, 0.1) is 52.7 Å². The molecule has 46 heavy (non-hydrogen) atoms. The molecular weight excluding hydrogens is 739 g/mol. The minimum Gasteiger partial charge on any atom is -0.304 e. The average Bonchev–Trinajstić information content (AvgIpc) is 3.12. The van der Waals surface area contributed by atoms with E-state index in [1.807, 2.05) is 42.6 Å². The fourth-order valence-corrected chi connectivity index (χ4v) is 4.79. The summed E-state index contributed by atoms with van der Waals surface area (Å²) in [5, 5.41) is 2.42. The number of hydrogen-bond donors (Lipinski definition) is 0. The summed E-state index contributed by atoms with van der Waals surface area (Å²) in [6.45, 7) is 1.98. The van der Waals surface area contributed by atoms with Crippen LogP contribution >= 0.6 is 0 Å². The number of rotatable bonds is 3. The molecule has 0 radical (unpaired) electrons. The van der Waals surface area contributed by atoms with Crippen LogP contribution in [0.25, 0.3) is 44.5 Å². The molecule has 0 aliphatic carbocycles. The van der Waals surface area contributed by atoms with Crippen molar-refractivity contribution in [3.05, 3.63) is 174 Å². The van der Waals surface area contributed by atoms with Crippen molar-refractivity contribution in [3.8, 4) is 33.8 Å². The number of hydrogen-bond acceptors (Lipinski definition) is 3. The second-order valence-electron chi connectivity index (χ2n) is 10.5. The molecule has 0 amide bonds. The van der Waals surface area contributed by atoms with Gasteiger partial charge in [-0.15, -0.1) is 107 Å². The molecule has 4 aromatic carbocycles. The van der Waals surface area contributed by atoms with Crippen LogP contribution in [0.15, 0.2) is 128 Å². The standard InChI is InChI=1S/C18H16N.2C12H10N.Ir/c1-12-4-5-15-6-7-19-18(17(15)11-12)16-9-13(2)8-14(3)10-16;2*1-10-6-5-9-12(13-10)11-7-3-2-4-8-11;/h4-9,11H,1-3H3;2*2-7,9H,1H3;/q3*-1;+3/i;2*1D3;. The molecule has 228 valence electrons. The molecule has 0 aliphatic heterocycles. The van der Waals surface area contributed by atoms with Crippen molar-refractivity contribution < 1.29 is 28.3 Å². The summed E-state index contributed by atoms with van der Waals surface area (Å²) in [5.74, 6) is 0. The quantitative estimate of drug-likeness (QED) is 0.168. The smallest absolute Gasteiger partial charge is 0.304 e. The van der Waals surface area contributed by atoms with Gasteiger partial charge in [0.1, 0.15) is 0 Å². The molecule has 0 saturated carbocycles. The van der Waals surface area contributed by atoms with Gasteiger partial charge in [0.2, 0.25) is 0 Å².